The zero-order chi connectivity index (χ0) is 16.4. The highest BCUT2D eigenvalue weighted by molar-refractivity contribution is 5.86. The van der Waals surface area contributed by atoms with E-state index < -0.39 is 5.60 Å². The highest BCUT2D eigenvalue weighted by Crippen LogP contribution is 2.57. The van der Waals surface area contributed by atoms with Gasteiger partial charge in [0.2, 0.25) is 0 Å². The number of ether oxygens (including phenoxy) is 3. The van der Waals surface area contributed by atoms with E-state index in [1.54, 1.807) is 7.11 Å². The summed E-state index contributed by atoms with van der Waals surface area (Å²) in [4.78, 5) is 24.1. The molecule has 0 N–H and O–H groups in total. The molecule has 0 heterocycles. The molecule has 0 unspecified atom stereocenters. The number of carbonyl (C=O) groups excluding carboxylic acids is 2. The molecule has 0 amide bonds. The second-order valence-electron chi connectivity index (χ2n) is 6.87. The van der Waals surface area contributed by atoms with Gasteiger partial charge in [-0.05, 0) is 36.7 Å². The Balaban J connectivity index is 2.19. The molecule has 0 aromatic rings. The van der Waals surface area contributed by atoms with Gasteiger partial charge in [0.25, 0.3) is 0 Å². The lowest BCUT2D eigenvalue weighted by Crippen LogP contribution is -2.58. The number of methoxy groups -OCH3 is 1. The Labute approximate surface area is 132 Å². The number of ketones is 1. The summed E-state index contributed by atoms with van der Waals surface area (Å²) in [6.45, 7) is 8.29. The highest BCUT2D eigenvalue weighted by atomic mass is 16.7. The summed E-state index contributed by atoms with van der Waals surface area (Å²) < 4.78 is 15.9. The van der Waals surface area contributed by atoms with Gasteiger partial charge in [0.1, 0.15) is 18.2 Å². The fraction of sp³-hybridized carbons (Fsp3) is 0.765. The standard InChI is InChI=1S/C17H26O5/c1-12(6-8-21-11-20-4)17(22-13(2)18)10-16(3)7-5-14(17)15(19)9-16/h14H,1,5-11H2,2-4H3/t14-,16-,17+/m0/s1. The molecule has 0 aromatic carbocycles. The predicted molar refractivity (Wildman–Crippen MR) is 81.2 cm³/mol. The molecule has 3 saturated carbocycles. The van der Waals surface area contributed by atoms with E-state index in [-0.39, 0.29) is 29.9 Å². The third-order valence-corrected chi connectivity index (χ3v) is 4.95. The van der Waals surface area contributed by atoms with Gasteiger partial charge in [0.15, 0.2) is 0 Å². The van der Waals surface area contributed by atoms with Gasteiger partial charge in [0, 0.05) is 20.5 Å². The summed E-state index contributed by atoms with van der Waals surface area (Å²) in [5, 5.41) is 0. The van der Waals surface area contributed by atoms with E-state index in [1.165, 1.54) is 6.92 Å². The van der Waals surface area contributed by atoms with Crippen LogP contribution >= 0.6 is 0 Å². The van der Waals surface area contributed by atoms with Gasteiger partial charge in [-0.2, -0.15) is 0 Å². The van der Waals surface area contributed by atoms with Crippen molar-refractivity contribution in [3.8, 4) is 0 Å². The predicted octanol–water partition coefficient (Wildman–Crippen LogP) is 2.63. The van der Waals surface area contributed by atoms with Crippen LogP contribution in [0, 0.1) is 11.3 Å². The van der Waals surface area contributed by atoms with Crippen molar-refractivity contribution >= 4 is 11.8 Å². The second-order valence-corrected chi connectivity index (χ2v) is 6.87. The van der Waals surface area contributed by atoms with Gasteiger partial charge in [-0.3, -0.25) is 9.59 Å². The number of rotatable bonds is 7. The van der Waals surface area contributed by atoms with Crippen molar-refractivity contribution in [2.45, 2.75) is 51.6 Å². The third kappa shape index (κ3) is 3.25. The molecule has 3 rings (SSSR count). The van der Waals surface area contributed by atoms with Crippen LogP contribution in [-0.2, 0) is 23.8 Å². The average molecular weight is 310 g/mol. The van der Waals surface area contributed by atoms with E-state index in [2.05, 4.69) is 13.5 Å². The fourth-order valence-electron chi connectivity index (χ4n) is 4.04. The van der Waals surface area contributed by atoms with Crippen molar-refractivity contribution in [3.05, 3.63) is 12.2 Å². The van der Waals surface area contributed by atoms with Crippen LogP contribution in [0.1, 0.15) is 46.0 Å². The Morgan fingerprint density at radius 2 is 2.18 bits per heavy atom. The summed E-state index contributed by atoms with van der Waals surface area (Å²) in [5.74, 6) is -0.420. The molecule has 0 aliphatic heterocycles. The maximum absolute atomic E-state index is 12.5. The number of hydrogen-bond donors (Lipinski definition) is 0. The second kappa shape index (κ2) is 6.50. The van der Waals surface area contributed by atoms with Gasteiger partial charge in [0.05, 0.1) is 12.5 Å². The SMILES string of the molecule is C=C(CCOCOC)[C@]1(OC(C)=O)C[C@@]2(C)CC[C@H]1C(=O)C2. The first-order chi connectivity index (χ1) is 10.3. The van der Waals surface area contributed by atoms with E-state index >= 15 is 0 Å². The molecule has 3 atom stereocenters. The molecule has 0 radical (unpaired) electrons. The number of carbonyl (C=O) groups is 2. The Bertz CT molecular complexity index is 472. The lowest BCUT2D eigenvalue weighted by Gasteiger charge is -2.55. The van der Waals surface area contributed by atoms with E-state index in [1.807, 2.05) is 0 Å². The van der Waals surface area contributed by atoms with Crippen LogP contribution in [0.4, 0.5) is 0 Å². The summed E-state index contributed by atoms with van der Waals surface area (Å²) >= 11 is 0. The molecule has 5 nitrogen and oxygen atoms in total. The molecule has 0 saturated heterocycles. The van der Waals surface area contributed by atoms with Crippen LogP contribution in [-0.4, -0.2) is 37.9 Å². The molecule has 22 heavy (non-hydrogen) atoms. The van der Waals surface area contributed by atoms with E-state index in [0.717, 1.165) is 18.4 Å². The number of esters is 1. The van der Waals surface area contributed by atoms with E-state index in [9.17, 15) is 9.59 Å². The van der Waals surface area contributed by atoms with Gasteiger partial charge < -0.3 is 14.2 Å². The molecule has 0 spiro atoms. The Morgan fingerprint density at radius 1 is 1.45 bits per heavy atom. The van der Waals surface area contributed by atoms with Crippen molar-refractivity contribution in [1.82, 2.24) is 0 Å². The van der Waals surface area contributed by atoms with Crippen LogP contribution in [0.5, 0.6) is 0 Å². The van der Waals surface area contributed by atoms with Gasteiger partial charge in [-0.25, -0.2) is 0 Å². The van der Waals surface area contributed by atoms with Crippen molar-refractivity contribution in [2.24, 2.45) is 11.3 Å². The molecule has 3 fully saturated rings. The van der Waals surface area contributed by atoms with Crippen molar-refractivity contribution in [3.63, 3.8) is 0 Å². The van der Waals surface area contributed by atoms with Gasteiger partial charge >= 0.3 is 5.97 Å². The molecular formula is C17H26O5. The third-order valence-electron chi connectivity index (χ3n) is 4.95. The number of hydrogen-bond acceptors (Lipinski definition) is 5. The maximum Gasteiger partial charge on any atom is 0.303 e. The summed E-state index contributed by atoms with van der Waals surface area (Å²) in [7, 11) is 1.56. The van der Waals surface area contributed by atoms with Crippen molar-refractivity contribution in [2.75, 3.05) is 20.5 Å². The minimum absolute atomic E-state index is 0.0996. The summed E-state index contributed by atoms with van der Waals surface area (Å²) in [6, 6.07) is 0. The molecule has 124 valence electrons. The highest BCUT2D eigenvalue weighted by Gasteiger charge is 2.59. The first-order valence-corrected chi connectivity index (χ1v) is 7.80. The number of fused-ring (bicyclic) bond motifs is 3. The van der Waals surface area contributed by atoms with Gasteiger partial charge in [-0.1, -0.05) is 13.5 Å². The fourth-order valence-corrected chi connectivity index (χ4v) is 4.04. The van der Waals surface area contributed by atoms with Crippen LogP contribution in [0.3, 0.4) is 0 Å². The van der Waals surface area contributed by atoms with E-state index in [0.29, 0.717) is 25.9 Å². The minimum atomic E-state index is -0.857. The molecule has 3 aliphatic rings. The zero-order valence-electron chi connectivity index (χ0n) is 13.8. The summed E-state index contributed by atoms with van der Waals surface area (Å²) in [6.07, 6.45) is 3.57. The maximum atomic E-state index is 12.5. The quantitative estimate of drug-likeness (QED) is 0.313. The first-order valence-electron chi connectivity index (χ1n) is 7.80. The van der Waals surface area contributed by atoms with Crippen LogP contribution in [0.25, 0.3) is 0 Å². The van der Waals surface area contributed by atoms with Crippen LogP contribution in [0.2, 0.25) is 0 Å². The largest absolute Gasteiger partial charge is 0.454 e. The molecule has 2 bridgehead atoms. The summed E-state index contributed by atoms with van der Waals surface area (Å²) in [5.41, 5.74) is -0.176. The first kappa shape index (κ1) is 17.2. The monoisotopic (exact) mass is 310 g/mol. The van der Waals surface area contributed by atoms with Crippen LogP contribution < -0.4 is 0 Å². The lowest BCUT2D eigenvalue weighted by molar-refractivity contribution is -0.180. The average Bonchev–Trinajstić information content (AvgIpc) is 2.41. The molecule has 0 aromatic heterocycles. The Kier molecular flexibility index (Phi) is 5.07. The van der Waals surface area contributed by atoms with E-state index in [4.69, 9.17) is 14.2 Å². The molecule has 5 heteroatoms. The smallest absolute Gasteiger partial charge is 0.303 e. The molecular weight excluding hydrogens is 284 g/mol. The Hall–Kier alpha value is -1.20. The zero-order valence-corrected chi connectivity index (χ0v) is 13.8. The topological polar surface area (TPSA) is 61.8 Å². The minimum Gasteiger partial charge on any atom is -0.454 e. The lowest BCUT2D eigenvalue weighted by atomic mass is 9.52. The normalized spacial score (nSPS) is 33.8. The Morgan fingerprint density at radius 3 is 2.73 bits per heavy atom. The van der Waals surface area contributed by atoms with Crippen molar-refractivity contribution < 1.29 is 23.8 Å². The van der Waals surface area contributed by atoms with Crippen molar-refractivity contribution in [1.29, 1.82) is 0 Å². The number of Topliss-reactive ketones (excluding diaryl/α,β-unsaturated/α-hetero) is 1. The molecule has 3 aliphatic carbocycles. The van der Waals surface area contributed by atoms with Gasteiger partial charge in [-0.15, -0.1) is 0 Å². The van der Waals surface area contributed by atoms with Crippen LogP contribution in [0.15, 0.2) is 12.2 Å².